The molecule has 1 aliphatic heterocycles. The van der Waals surface area contributed by atoms with Crippen molar-refractivity contribution in [3.8, 4) is 5.75 Å². The van der Waals surface area contributed by atoms with Gasteiger partial charge >= 0.3 is 6.03 Å². The van der Waals surface area contributed by atoms with Gasteiger partial charge in [0.25, 0.3) is 0 Å². The van der Waals surface area contributed by atoms with E-state index in [0.29, 0.717) is 18.6 Å². The fourth-order valence-corrected chi connectivity index (χ4v) is 6.46. The number of nitrogens with one attached hydrogen (secondary N) is 6. The molecule has 13 heteroatoms. The number of carbonyl (C=O) groups excluding carboxylic acids is 1. The normalized spacial score (nSPS) is 21.2. The van der Waals surface area contributed by atoms with Crippen LogP contribution in [0, 0.1) is 21.6 Å². The van der Waals surface area contributed by atoms with Crippen molar-refractivity contribution in [1.29, 1.82) is 16.2 Å². The Morgan fingerprint density at radius 3 is 2.40 bits per heavy atom. The minimum absolute atomic E-state index is 0.0377. The summed E-state index contributed by atoms with van der Waals surface area (Å²) in [5.74, 6) is 0.459. The van der Waals surface area contributed by atoms with Gasteiger partial charge in [0.2, 0.25) is 5.96 Å². The molecule has 1 aliphatic carbocycles. The SMILES string of the molecule is C/C=C(F)\C(=C/CN/C(=C\C(=N)C(C)(C)C)NC(=O)N[C@H]1CC[C@@H](Oc2ccc(=N)n(C(=N)N3[C@H](C)CCC[C@@H]3C)c2)c2ccccc21)OCCO. The molecule has 2 heterocycles. The highest BCUT2D eigenvalue weighted by molar-refractivity contribution is 5.97. The van der Waals surface area contributed by atoms with Crippen LogP contribution in [-0.2, 0) is 4.74 Å². The van der Waals surface area contributed by atoms with E-state index in [0.717, 1.165) is 30.4 Å². The summed E-state index contributed by atoms with van der Waals surface area (Å²) in [6.07, 6.45) is 10.0. The van der Waals surface area contributed by atoms with E-state index in [-0.39, 0.29) is 72.7 Å². The number of urea groups is 1. The second-order valence-corrected chi connectivity index (χ2v) is 14.3. The summed E-state index contributed by atoms with van der Waals surface area (Å²) >= 11 is 0. The number of hydrogen-bond donors (Lipinski definition) is 7. The van der Waals surface area contributed by atoms with Crippen LogP contribution >= 0.6 is 0 Å². The molecule has 52 heavy (non-hydrogen) atoms. The van der Waals surface area contributed by atoms with E-state index in [1.807, 2.05) is 45.0 Å². The molecule has 0 saturated carbocycles. The second-order valence-electron chi connectivity index (χ2n) is 14.3. The molecule has 1 aromatic carbocycles. The Balaban J connectivity index is 1.48. The van der Waals surface area contributed by atoms with Crippen molar-refractivity contribution in [3.63, 3.8) is 0 Å². The maximum Gasteiger partial charge on any atom is 0.320 e. The Morgan fingerprint density at radius 2 is 1.75 bits per heavy atom. The van der Waals surface area contributed by atoms with Gasteiger partial charge in [0.05, 0.1) is 18.8 Å². The molecule has 0 radical (unpaired) electrons. The summed E-state index contributed by atoms with van der Waals surface area (Å²) in [5, 5.41) is 44.1. The summed E-state index contributed by atoms with van der Waals surface area (Å²) < 4.78 is 27.7. The maximum atomic E-state index is 14.3. The van der Waals surface area contributed by atoms with Crippen molar-refractivity contribution >= 4 is 17.7 Å². The average Bonchev–Trinajstić information content (AvgIpc) is 3.10. The van der Waals surface area contributed by atoms with Gasteiger partial charge in [0, 0.05) is 29.8 Å². The number of allylic oxidation sites excluding steroid dienone is 3. The third-order valence-corrected chi connectivity index (χ3v) is 9.37. The van der Waals surface area contributed by atoms with Crippen LogP contribution in [0.15, 0.2) is 78.2 Å². The molecule has 0 bridgehead atoms. The largest absolute Gasteiger partial charge is 0.488 e. The van der Waals surface area contributed by atoms with Gasteiger partial charge in [-0.15, -0.1) is 0 Å². The number of benzene rings is 1. The van der Waals surface area contributed by atoms with Crippen LogP contribution in [0.4, 0.5) is 9.18 Å². The van der Waals surface area contributed by atoms with Crippen molar-refractivity contribution in [1.82, 2.24) is 25.4 Å². The Bertz CT molecular complexity index is 1730. The zero-order chi connectivity index (χ0) is 38.0. The molecule has 2 aromatic rings. The number of aliphatic hydroxyl groups is 1. The van der Waals surface area contributed by atoms with Crippen LogP contribution < -0.4 is 26.2 Å². The van der Waals surface area contributed by atoms with E-state index in [1.165, 1.54) is 25.2 Å². The lowest BCUT2D eigenvalue weighted by Crippen LogP contribution is -2.51. The molecule has 2 aliphatic rings. The minimum Gasteiger partial charge on any atom is -0.488 e. The lowest BCUT2D eigenvalue weighted by Gasteiger charge is -2.41. The third-order valence-electron chi connectivity index (χ3n) is 9.37. The third kappa shape index (κ3) is 10.3. The van der Waals surface area contributed by atoms with Crippen LogP contribution in [0.1, 0.15) is 96.9 Å². The lowest BCUT2D eigenvalue weighted by atomic mass is 9.85. The smallest absolute Gasteiger partial charge is 0.320 e. The van der Waals surface area contributed by atoms with Crippen LogP contribution in [0.5, 0.6) is 5.75 Å². The topological polar surface area (TPSA) is 172 Å². The maximum absolute atomic E-state index is 14.3. The average molecular weight is 719 g/mol. The number of amides is 2. The van der Waals surface area contributed by atoms with E-state index >= 15 is 0 Å². The van der Waals surface area contributed by atoms with E-state index in [2.05, 4.69) is 34.7 Å². The molecular formula is C39H55FN8O4. The van der Waals surface area contributed by atoms with Crippen molar-refractivity contribution in [2.75, 3.05) is 19.8 Å². The van der Waals surface area contributed by atoms with E-state index in [1.54, 1.807) is 22.9 Å². The fourth-order valence-electron chi connectivity index (χ4n) is 6.46. The molecule has 0 spiro atoms. The number of aromatic nitrogens is 1. The van der Waals surface area contributed by atoms with Gasteiger partial charge in [-0.05, 0) is 94.4 Å². The highest BCUT2D eigenvalue weighted by atomic mass is 19.1. The molecule has 1 aromatic heterocycles. The molecule has 1 fully saturated rings. The molecule has 4 atom stereocenters. The fraction of sp³-hybridized carbons (Fsp3) is 0.487. The first-order chi connectivity index (χ1) is 24.7. The first-order valence-electron chi connectivity index (χ1n) is 18.0. The molecular weight excluding hydrogens is 663 g/mol. The number of rotatable bonds is 12. The zero-order valence-corrected chi connectivity index (χ0v) is 31.2. The van der Waals surface area contributed by atoms with E-state index in [9.17, 15) is 9.18 Å². The molecule has 7 N–H and O–H groups in total. The van der Waals surface area contributed by atoms with Crippen molar-refractivity contribution in [2.24, 2.45) is 5.41 Å². The number of halogens is 1. The number of likely N-dealkylation sites (tertiary alicyclic amines) is 1. The Labute approximate surface area is 306 Å². The Morgan fingerprint density at radius 1 is 1.06 bits per heavy atom. The predicted molar refractivity (Wildman–Crippen MR) is 201 cm³/mol. The summed E-state index contributed by atoms with van der Waals surface area (Å²) in [7, 11) is 0. The van der Waals surface area contributed by atoms with Crippen molar-refractivity contribution < 1.29 is 23.8 Å². The number of hydrogen-bond acceptors (Lipinski definition) is 8. The number of ether oxygens (including phenoxy) is 2. The standard InChI is InChI=1S/C39H55FN8O4/c1-7-30(40)33(51-22-21-49)19-20-44-36(23-34(41)39(4,5)6)46-38(50)45-31-16-17-32(29-14-9-8-13-28(29)31)52-27-15-18-35(42)47(24-27)37(43)48-25(2)11-10-12-26(48)3/h7-9,13-15,18-19,23-26,31-32,41-44,49H,10-12,16-17,20-22H2,1-6H3,(H2,45,46,50)/b30-7+,33-19+,36-23+,41-34?,42-35?,43-37?/t25-,26+,31-,32+/m0/s1. The van der Waals surface area contributed by atoms with Gasteiger partial charge in [0.1, 0.15) is 29.8 Å². The Hall–Kier alpha value is -4.91. The quantitative estimate of drug-likeness (QED) is 0.0569. The molecule has 4 rings (SSSR count). The molecule has 12 nitrogen and oxygen atoms in total. The number of pyridine rings is 1. The molecule has 2 amide bonds. The van der Waals surface area contributed by atoms with E-state index in [4.69, 9.17) is 30.8 Å². The van der Waals surface area contributed by atoms with Gasteiger partial charge in [-0.3, -0.25) is 20.7 Å². The van der Waals surface area contributed by atoms with Gasteiger partial charge in [-0.1, -0.05) is 45.0 Å². The summed E-state index contributed by atoms with van der Waals surface area (Å²) in [6.45, 7) is 11.2. The first kappa shape index (κ1) is 39.9. The van der Waals surface area contributed by atoms with Crippen molar-refractivity contribution in [2.45, 2.75) is 97.9 Å². The first-order valence-corrected chi connectivity index (χ1v) is 18.0. The van der Waals surface area contributed by atoms with Gasteiger partial charge < -0.3 is 35.5 Å². The summed E-state index contributed by atoms with van der Waals surface area (Å²) in [5.41, 5.74) is 1.84. The predicted octanol–water partition coefficient (Wildman–Crippen LogP) is 6.53. The number of carbonyl (C=O) groups is 1. The summed E-state index contributed by atoms with van der Waals surface area (Å²) in [4.78, 5) is 15.5. The monoisotopic (exact) mass is 718 g/mol. The lowest BCUT2D eigenvalue weighted by molar-refractivity contribution is 0.143. The van der Waals surface area contributed by atoms with Crippen LogP contribution in [0.3, 0.4) is 0 Å². The number of nitrogens with zero attached hydrogens (tertiary/aromatic N) is 2. The van der Waals surface area contributed by atoms with Crippen LogP contribution in [0.2, 0.25) is 0 Å². The summed E-state index contributed by atoms with van der Waals surface area (Å²) in [6, 6.07) is 10.8. The van der Waals surface area contributed by atoms with Crippen LogP contribution in [-0.4, -0.2) is 64.1 Å². The zero-order valence-electron chi connectivity index (χ0n) is 31.2. The molecule has 1 saturated heterocycles. The van der Waals surface area contributed by atoms with Gasteiger partial charge in [0.15, 0.2) is 11.6 Å². The number of fused-ring (bicyclic) bond motifs is 1. The highest BCUT2D eigenvalue weighted by Gasteiger charge is 2.31. The van der Waals surface area contributed by atoms with Gasteiger partial charge in [-0.2, -0.15) is 0 Å². The highest BCUT2D eigenvalue weighted by Crippen LogP contribution is 2.38. The molecule has 0 unspecified atom stereocenters. The number of aliphatic hydroxyl groups excluding tert-OH is 1. The van der Waals surface area contributed by atoms with E-state index < -0.39 is 17.3 Å². The second kappa shape index (κ2) is 18.0. The Kier molecular flexibility index (Phi) is 13.8. The minimum atomic E-state index is -0.582. The molecule has 282 valence electrons. The van der Waals surface area contributed by atoms with Gasteiger partial charge in [-0.25, -0.2) is 9.18 Å². The number of piperidine rings is 1. The van der Waals surface area contributed by atoms with Crippen LogP contribution in [0.25, 0.3) is 0 Å². The van der Waals surface area contributed by atoms with Crippen molar-refractivity contribution in [3.05, 3.63) is 94.8 Å².